The summed E-state index contributed by atoms with van der Waals surface area (Å²) in [5, 5.41) is 4.51. The summed E-state index contributed by atoms with van der Waals surface area (Å²) < 4.78 is 13.0. The summed E-state index contributed by atoms with van der Waals surface area (Å²) in [7, 11) is 0. The first-order valence-corrected chi connectivity index (χ1v) is 9.92. The van der Waals surface area contributed by atoms with Gasteiger partial charge in [0.2, 0.25) is 0 Å². The van der Waals surface area contributed by atoms with Crippen LogP contribution in [0.25, 0.3) is 0 Å². The SMILES string of the molecule is CCOc1ccc(C(C)=O)cc1COC(=O)c1c(C)nn(Cc2ccccc2)c1C. The lowest BCUT2D eigenvalue weighted by Crippen LogP contribution is -2.10. The van der Waals surface area contributed by atoms with Crippen LogP contribution in [0, 0.1) is 13.8 Å². The van der Waals surface area contributed by atoms with Gasteiger partial charge in [-0.15, -0.1) is 0 Å². The van der Waals surface area contributed by atoms with Crippen molar-refractivity contribution in [3.63, 3.8) is 0 Å². The Labute approximate surface area is 176 Å². The van der Waals surface area contributed by atoms with E-state index in [-0.39, 0.29) is 12.4 Å². The molecule has 0 radical (unpaired) electrons. The van der Waals surface area contributed by atoms with E-state index in [1.165, 1.54) is 6.92 Å². The van der Waals surface area contributed by atoms with Crippen molar-refractivity contribution in [1.29, 1.82) is 0 Å². The van der Waals surface area contributed by atoms with Crippen LogP contribution in [-0.2, 0) is 17.9 Å². The number of aryl methyl sites for hydroxylation is 1. The number of esters is 1. The van der Waals surface area contributed by atoms with Crippen LogP contribution in [0.1, 0.15) is 57.1 Å². The van der Waals surface area contributed by atoms with Crippen molar-refractivity contribution in [2.24, 2.45) is 0 Å². The number of rotatable bonds is 8. The van der Waals surface area contributed by atoms with E-state index in [0.717, 1.165) is 11.3 Å². The van der Waals surface area contributed by atoms with E-state index in [1.54, 1.807) is 25.1 Å². The van der Waals surface area contributed by atoms with Crippen LogP contribution in [0.5, 0.6) is 5.75 Å². The van der Waals surface area contributed by atoms with Crippen LogP contribution in [0.15, 0.2) is 48.5 Å². The Morgan fingerprint density at radius 3 is 2.47 bits per heavy atom. The van der Waals surface area contributed by atoms with Gasteiger partial charge < -0.3 is 9.47 Å². The maximum Gasteiger partial charge on any atom is 0.342 e. The number of benzene rings is 2. The lowest BCUT2D eigenvalue weighted by Gasteiger charge is -2.12. The molecule has 0 saturated carbocycles. The zero-order valence-corrected chi connectivity index (χ0v) is 17.8. The molecule has 0 aliphatic carbocycles. The average molecular weight is 406 g/mol. The van der Waals surface area contributed by atoms with E-state index in [0.29, 0.717) is 41.3 Å². The Hall–Kier alpha value is -3.41. The number of aromatic nitrogens is 2. The highest BCUT2D eigenvalue weighted by atomic mass is 16.5. The fourth-order valence-electron chi connectivity index (χ4n) is 3.33. The second-order valence-corrected chi connectivity index (χ2v) is 7.08. The molecule has 30 heavy (non-hydrogen) atoms. The van der Waals surface area contributed by atoms with E-state index in [1.807, 2.05) is 48.9 Å². The van der Waals surface area contributed by atoms with Crippen LogP contribution in [0.4, 0.5) is 0 Å². The Morgan fingerprint density at radius 2 is 1.80 bits per heavy atom. The highest BCUT2D eigenvalue weighted by molar-refractivity contribution is 5.94. The van der Waals surface area contributed by atoms with Crippen molar-refractivity contribution in [3.8, 4) is 5.75 Å². The number of carbonyl (C=O) groups is 2. The third-order valence-electron chi connectivity index (χ3n) is 4.89. The molecule has 3 rings (SSSR count). The lowest BCUT2D eigenvalue weighted by molar-refractivity contribution is 0.0468. The normalized spacial score (nSPS) is 10.7. The number of ketones is 1. The smallest absolute Gasteiger partial charge is 0.342 e. The molecule has 2 aromatic carbocycles. The summed E-state index contributed by atoms with van der Waals surface area (Å²) in [5.74, 6) is 0.100. The first-order valence-electron chi connectivity index (χ1n) is 9.92. The predicted octanol–water partition coefficient (Wildman–Crippen LogP) is 4.51. The summed E-state index contributed by atoms with van der Waals surface area (Å²) in [6.45, 7) is 8.11. The molecule has 0 unspecified atom stereocenters. The molecule has 1 aromatic heterocycles. The fourth-order valence-corrected chi connectivity index (χ4v) is 3.33. The molecule has 6 nitrogen and oxygen atoms in total. The quantitative estimate of drug-likeness (QED) is 0.407. The second kappa shape index (κ2) is 9.39. The Balaban J connectivity index is 1.78. The van der Waals surface area contributed by atoms with Crippen LogP contribution in [0.2, 0.25) is 0 Å². The molecule has 0 N–H and O–H groups in total. The van der Waals surface area contributed by atoms with Crippen LogP contribution >= 0.6 is 0 Å². The Bertz CT molecular complexity index is 1050. The molecule has 3 aromatic rings. The van der Waals surface area contributed by atoms with Gasteiger partial charge in [-0.3, -0.25) is 9.48 Å². The van der Waals surface area contributed by atoms with Gasteiger partial charge in [0.25, 0.3) is 0 Å². The van der Waals surface area contributed by atoms with E-state index in [2.05, 4.69) is 5.10 Å². The van der Waals surface area contributed by atoms with Crippen LogP contribution < -0.4 is 4.74 Å². The maximum atomic E-state index is 12.8. The second-order valence-electron chi connectivity index (χ2n) is 7.08. The molecule has 1 heterocycles. The summed E-state index contributed by atoms with van der Waals surface area (Å²) in [6.07, 6.45) is 0. The van der Waals surface area contributed by atoms with Gasteiger partial charge in [-0.1, -0.05) is 30.3 Å². The van der Waals surface area contributed by atoms with E-state index < -0.39 is 5.97 Å². The van der Waals surface area contributed by atoms with Gasteiger partial charge in [0, 0.05) is 11.1 Å². The standard InChI is InChI=1S/C24H26N2O4/c1-5-29-22-12-11-20(18(4)27)13-21(22)15-30-24(28)23-16(2)25-26(17(23)3)14-19-9-7-6-8-10-19/h6-13H,5,14-15H2,1-4H3. The van der Waals surface area contributed by atoms with Crippen LogP contribution in [0.3, 0.4) is 0 Å². The lowest BCUT2D eigenvalue weighted by atomic mass is 10.1. The van der Waals surface area contributed by atoms with Crippen molar-refractivity contribution in [2.75, 3.05) is 6.61 Å². The Kier molecular flexibility index (Phi) is 6.67. The molecule has 0 saturated heterocycles. The van der Waals surface area contributed by atoms with Gasteiger partial charge in [-0.05, 0) is 51.5 Å². The van der Waals surface area contributed by atoms with E-state index >= 15 is 0 Å². The monoisotopic (exact) mass is 406 g/mol. The van der Waals surface area contributed by atoms with E-state index in [9.17, 15) is 9.59 Å². The molecule has 6 heteroatoms. The molecule has 0 atom stereocenters. The molecule has 0 fully saturated rings. The number of Topliss-reactive ketones (excluding diaryl/α,β-unsaturated/α-hetero) is 1. The molecule has 156 valence electrons. The first kappa shape index (κ1) is 21.3. The van der Waals surface area contributed by atoms with Gasteiger partial charge in [-0.2, -0.15) is 5.10 Å². The zero-order chi connectivity index (χ0) is 21.7. The molecule has 0 aliphatic heterocycles. The van der Waals surface area contributed by atoms with Crippen LogP contribution in [-0.4, -0.2) is 28.1 Å². The minimum atomic E-state index is -0.444. The molecule has 0 amide bonds. The van der Waals surface area contributed by atoms with Crippen molar-refractivity contribution < 1.29 is 19.1 Å². The maximum absolute atomic E-state index is 12.8. The number of carbonyl (C=O) groups excluding carboxylic acids is 2. The average Bonchev–Trinajstić information content (AvgIpc) is 3.00. The summed E-state index contributed by atoms with van der Waals surface area (Å²) >= 11 is 0. The van der Waals surface area contributed by atoms with Gasteiger partial charge in [0.05, 0.1) is 24.5 Å². The van der Waals surface area contributed by atoms with Gasteiger partial charge in [0.1, 0.15) is 17.9 Å². The molecule has 0 bridgehead atoms. The van der Waals surface area contributed by atoms with Gasteiger partial charge in [0.15, 0.2) is 5.78 Å². The van der Waals surface area contributed by atoms with Crippen molar-refractivity contribution in [2.45, 2.75) is 40.8 Å². The summed E-state index contributed by atoms with van der Waals surface area (Å²) in [5.41, 5.74) is 4.15. The van der Waals surface area contributed by atoms with E-state index in [4.69, 9.17) is 9.47 Å². The van der Waals surface area contributed by atoms with Crippen molar-refractivity contribution in [1.82, 2.24) is 9.78 Å². The number of nitrogens with zero attached hydrogens (tertiary/aromatic N) is 2. The highest BCUT2D eigenvalue weighted by Crippen LogP contribution is 2.23. The largest absolute Gasteiger partial charge is 0.493 e. The molecule has 0 spiro atoms. The van der Waals surface area contributed by atoms with Gasteiger partial charge >= 0.3 is 5.97 Å². The number of hydrogen-bond donors (Lipinski definition) is 0. The Morgan fingerprint density at radius 1 is 1.07 bits per heavy atom. The first-order chi connectivity index (χ1) is 14.4. The van der Waals surface area contributed by atoms with Gasteiger partial charge in [-0.25, -0.2) is 4.79 Å². The fraction of sp³-hybridized carbons (Fsp3) is 0.292. The highest BCUT2D eigenvalue weighted by Gasteiger charge is 2.21. The number of hydrogen-bond acceptors (Lipinski definition) is 5. The minimum absolute atomic E-state index is 0.0119. The molecular formula is C24H26N2O4. The molecular weight excluding hydrogens is 380 g/mol. The van der Waals surface area contributed by atoms with Crippen molar-refractivity contribution in [3.05, 3.63) is 82.2 Å². The summed E-state index contributed by atoms with van der Waals surface area (Å²) in [6, 6.07) is 15.1. The predicted molar refractivity (Wildman–Crippen MR) is 114 cm³/mol. The number of ether oxygens (including phenoxy) is 2. The topological polar surface area (TPSA) is 70.4 Å². The third kappa shape index (κ3) is 4.76. The van der Waals surface area contributed by atoms with Crippen molar-refractivity contribution >= 4 is 11.8 Å². The minimum Gasteiger partial charge on any atom is -0.493 e. The molecule has 0 aliphatic rings. The third-order valence-corrected chi connectivity index (χ3v) is 4.89. The summed E-state index contributed by atoms with van der Waals surface area (Å²) in [4.78, 5) is 24.5. The zero-order valence-electron chi connectivity index (χ0n) is 17.8.